The van der Waals surface area contributed by atoms with E-state index in [1.165, 1.54) is 31.6 Å². The van der Waals surface area contributed by atoms with Crippen LogP contribution in [0.15, 0.2) is 51.1 Å². The van der Waals surface area contributed by atoms with E-state index in [2.05, 4.69) is 10.2 Å². The molecule has 0 fully saturated rings. The third-order valence-electron chi connectivity index (χ3n) is 3.36. The lowest BCUT2D eigenvalue weighted by Gasteiger charge is -2.07. The number of non-ortho nitro benzene ring substituents is 1. The molecule has 0 bridgehead atoms. The lowest BCUT2D eigenvalue weighted by atomic mass is 10.2. The number of carbonyl (C=O) groups is 1. The minimum Gasteiger partial charge on any atom is -0.465 e. The number of aromatic nitrogens is 3. The van der Waals surface area contributed by atoms with E-state index in [4.69, 9.17) is 9.15 Å². The van der Waals surface area contributed by atoms with Gasteiger partial charge in [-0.05, 0) is 30.0 Å². The summed E-state index contributed by atoms with van der Waals surface area (Å²) >= 11 is 1.15. The number of benzene rings is 1. The van der Waals surface area contributed by atoms with Crippen molar-refractivity contribution in [1.29, 1.82) is 0 Å². The summed E-state index contributed by atoms with van der Waals surface area (Å²) in [6, 6.07) is 7.47. The second-order valence-electron chi connectivity index (χ2n) is 4.87. The van der Waals surface area contributed by atoms with Gasteiger partial charge in [-0.1, -0.05) is 0 Å². The number of methoxy groups -OCH3 is 1. The largest absolute Gasteiger partial charge is 0.465 e. The summed E-state index contributed by atoms with van der Waals surface area (Å²) in [5.74, 6) is 0.410. The van der Waals surface area contributed by atoms with E-state index in [1.54, 1.807) is 23.7 Å². The summed E-state index contributed by atoms with van der Waals surface area (Å²) in [5.41, 5.74) is -0.108. The predicted octanol–water partition coefficient (Wildman–Crippen LogP) is 2.92. The lowest BCUT2D eigenvalue weighted by Crippen LogP contribution is -2.05. The molecule has 128 valence electrons. The number of furan rings is 1. The van der Waals surface area contributed by atoms with Gasteiger partial charge in [0.2, 0.25) is 0 Å². The highest BCUT2D eigenvalue weighted by Gasteiger charge is 2.21. The summed E-state index contributed by atoms with van der Waals surface area (Å²) in [4.78, 5) is 22.8. The molecule has 0 atom stereocenters. The summed E-state index contributed by atoms with van der Waals surface area (Å²) in [5, 5.41) is 19.6. The zero-order valence-electron chi connectivity index (χ0n) is 13.2. The number of nitrogens with zero attached hydrogens (tertiary/aromatic N) is 4. The standard InChI is InChI=1S/C15H12N4O5S/c1-18-13(11-4-3-7-24-11)16-17-15(18)25-12-6-5-9(19(21)22)8-10(12)14(20)23-2/h3-8H,1-2H3. The summed E-state index contributed by atoms with van der Waals surface area (Å²) in [7, 11) is 2.97. The molecule has 0 amide bonds. The first-order valence-electron chi connectivity index (χ1n) is 6.99. The van der Waals surface area contributed by atoms with Crippen LogP contribution in [0.2, 0.25) is 0 Å². The Hall–Kier alpha value is -3.14. The molecule has 0 saturated heterocycles. The third kappa shape index (κ3) is 3.24. The van der Waals surface area contributed by atoms with Gasteiger partial charge in [0, 0.05) is 24.1 Å². The topological polar surface area (TPSA) is 113 Å². The SMILES string of the molecule is COC(=O)c1cc([N+](=O)[O-])ccc1Sc1nnc(-c2ccco2)n1C. The fourth-order valence-corrected chi connectivity index (χ4v) is 3.00. The molecule has 2 aromatic heterocycles. The Morgan fingerprint density at radius 3 is 2.80 bits per heavy atom. The van der Waals surface area contributed by atoms with Gasteiger partial charge in [0.05, 0.1) is 23.9 Å². The Morgan fingerprint density at radius 2 is 2.16 bits per heavy atom. The molecule has 1 aromatic carbocycles. The van der Waals surface area contributed by atoms with Crippen molar-refractivity contribution in [3.63, 3.8) is 0 Å². The Bertz CT molecular complexity index is 936. The van der Waals surface area contributed by atoms with Gasteiger partial charge in [-0.2, -0.15) is 0 Å². The van der Waals surface area contributed by atoms with E-state index >= 15 is 0 Å². The van der Waals surface area contributed by atoms with Crippen molar-refractivity contribution in [1.82, 2.24) is 14.8 Å². The summed E-state index contributed by atoms with van der Waals surface area (Å²) < 4.78 is 11.7. The zero-order chi connectivity index (χ0) is 18.0. The molecule has 0 aliphatic carbocycles. The first-order valence-corrected chi connectivity index (χ1v) is 7.80. The van der Waals surface area contributed by atoms with Gasteiger partial charge in [0.1, 0.15) is 0 Å². The molecule has 25 heavy (non-hydrogen) atoms. The minimum absolute atomic E-state index is 0.0873. The molecule has 0 saturated carbocycles. The van der Waals surface area contributed by atoms with Crippen molar-refractivity contribution in [2.75, 3.05) is 7.11 Å². The van der Waals surface area contributed by atoms with E-state index in [9.17, 15) is 14.9 Å². The third-order valence-corrected chi connectivity index (χ3v) is 4.47. The molecule has 3 aromatic rings. The molecular weight excluding hydrogens is 348 g/mol. The monoisotopic (exact) mass is 360 g/mol. The highest BCUT2D eigenvalue weighted by molar-refractivity contribution is 7.99. The quantitative estimate of drug-likeness (QED) is 0.388. The van der Waals surface area contributed by atoms with Gasteiger partial charge in [0.25, 0.3) is 5.69 Å². The zero-order valence-corrected chi connectivity index (χ0v) is 14.0. The predicted molar refractivity (Wildman–Crippen MR) is 87.3 cm³/mol. The van der Waals surface area contributed by atoms with Gasteiger partial charge in [-0.15, -0.1) is 10.2 Å². The number of nitro groups is 1. The van der Waals surface area contributed by atoms with E-state index < -0.39 is 10.9 Å². The normalized spacial score (nSPS) is 10.6. The molecule has 0 unspecified atom stereocenters. The van der Waals surface area contributed by atoms with E-state index in [-0.39, 0.29) is 11.3 Å². The Kier molecular flexibility index (Phi) is 4.52. The second kappa shape index (κ2) is 6.77. The minimum atomic E-state index is -0.667. The first kappa shape index (κ1) is 16.7. The molecule has 0 aliphatic heterocycles. The number of hydrogen-bond donors (Lipinski definition) is 0. The number of ether oxygens (including phenoxy) is 1. The molecule has 2 heterocycles. The second-order valence-corrected chi connectivity index (χ2v) is 5.88. The highest BCUT2D eigenvalue weighted by Crippen LogP contribution is 2.33. The van der Waals surface area contributed by atoms with Crippen molar-refractivity contribution in [2.24, 2.45) is 7.05 Å². The number of nitro benzene ring substituents is 1. The molecular formula is C15H12N4O5S. The number of rotatable bonds is 5. The van der Waals surface area contributed by atoms with Gasteiger partial charge < -0.3 is 13.7 Å². The average molecular weight is 360 g/mol. The van der Waals surface area contributed by atoms with Gasteiger partial charge in [-0.25, -0.2) is 4.79 Å². The van der Waals surface area contributed by atoms with Crippen LogP contribution < -0.4 is 0 Å². The van der Waals surface area contributed by atoms with Crippen LogP contribution in [0.5, 0.6) is 0 Å². The van der Waals surface area contributed by atoms with Gasteiger partial charge in [-0.3, -0.25) is 10.1 Å². The maximum atomic E-state index is 12.0. The van der Waals surface area contributed by atoms with E-state index in [0.29, 0.717) is 21.6 Å². The highest BCUT2D eigenvalue weighted by atomic mass is 32.2. The van der Waals surface area contributed by atoms with Crippen molar-refractivity contribution < 1.29 is 18.9 Å². The van der Waals surface area contributed by atoms with Gasteiger partial charge >= 0.3 is 5.97 Å². The Morgan fingerprint density at radius 1 is 1.36 bits per heavy atom. The van der Waals surface area contributed by atoms with Crippen LogP contribution in [0, 0.1) is 10.1 Å². The summed E-state index contributed by atoms with van der Waals surface area (Å²) in [6.07, 6.45) is 1.53. The first-order chi connectivity index (χ1) is 12.0. The molecule has 10 heteroatoms. The van der Waals surface area contributed by atoms with Crippen LogP contribution in [0.1, 0.15) is 10.4 Å². The van der Waals surface area contributed by atoms with Crippen molar-refractivity contribution >= 4 is 23.4 Å². The van der Waals surface area contributed by atoms with Crippen molar-refractivity contribution in [2.45, 2.75) is 10.1 Å². The van der Waals surface area contributed by atoms with E-state index in [1.807, 2.05) is 0 Å². The van der Waals surface area contributed by atoms with Crippen LogP contribution in [-0.4, -0.2) is 32.8 Å². The van der Waals surface area contributed by atoms with Crippen molar-refractivity contribution in [3.05, 3.63) is 52.3 Å². The Labute approximate surface area is 145 Å². The van der Waals surface area contributed by atoms with Crippen LogP contribution in [0.3, 0.4) is 0 Å². The molecule has 9 nitrogen and oxygen atoms in total. The molecule has 3 rings (SSSR count). The maximum Gasteiger partial charge on any atom is 0.339 e. The average Bonchev–Trinajstić information content (AvgIpc) is 3.25. The number of esters is 1. The van der Waals surface area contributed by atoms with Crippen LogP contribution in [0.4, 0.5) is 5.69 Å². The lowest BCUT2D eigenvalue weighted by molar-refractivity contribution is -0.384. The molecule has 0 N–H and O–H groups in total. The van der Waals surface area contributed by atoms with Crippen LogP contribution in [-0.2, 0) is 11.8 Å². The Balaban J connectivity index is 1.98. The van der Waals surface area contributed by atoms with E-state index in [0.717, 1.165) is 11.8 Å². The van der Waals surface area contributed by atoms with Crippen LogP contribution >= 0.6 is 11.8 Å². The number of hydrogen-bond acceptors (Lipinski definition) is 8. The molecule has 0 aliphatic rings. The summed E-state index contributed by atoms with van der Waals surface area (Å²) in [6.45, 7) is 0. The fourth-order valence-electron chi connectivity index (χ4n) is 2.11. The fraction of sp³-hybridized carbons (Fsp3) is 0.133. The van der Waals surface area contributed by atoms with Crippen molar-refractivity contribution in [3.8, 4) is 11.6 Å². The smallest absolute Gasteiger partial charge is 0.339 e. The molecule has 0 spiro atoms. The molecule has 0 radical (unpaired) electrons. The van der Waals surface area contributed by atoms with Crippen LogP contribution in [0.25, 0.3) is 11.6 Å². The maximum absolute atomic E-state index is 12.0. The number of carbonyl (C=O) groups excluding carboxylic acids is 1. The van der Waals surface area contributed by atoms with Gasteiger partial charge in [0.15, 0.2) is 16.7 Å².